The molecule has 4 unspecified atom stereocenters. The van der Waals surface area contributed by atoms with Crippen LogP contribution in [0.3, 0.4) is 0 Å². The van der Waals surface area contributed by atoms with E-state index in [1.54, 1.807) is 0 Å². The number of carboxylic acids is 1. The van der Waals surface area contributed by atoms with E-state index in [1.807, 2.05) is 0 Å². The molecular weight excluding hydrogens is 276 g/mol. The van der Waals surface area contributed by atoms with Gasteiger partial charge in [0.1, 0.15) is 6.04 Å². The Morgan fingerprint density at radius 2 is 2.10 bits per heavy atom. The van der Waals surface area contributed by atoms with Crippen LogP contribution in [0.15, 0.2) is 0 Å². The van der Waals surface area contributed by atoms with Crippen molar-refractivity contribution < 1.29 is 14.7 Å². The fourth-order valence-corrected chi connectivity index (χ4v) is 3.37. The molecule has 0 spiro atoms. The molecule has 4 atom stereocenters. The molecule has 1 aliphatic carbocycles. The van der Waals surface area contributed by atoms with E-state index in [9.17, 15) is 9.59 Å². The van der Waals surface area contributed by atoms with Crippen molar-refractivity contribution in [3.63, 3.8) is 0 Å². The van der Waals surface area contributed by atoms with Gasteiger partial charge in [0.2, 0.25) is 5.91 Å². The largest absolute Gasteiger partial charge is 0.480 e. The number of thioether (sulfide) groups is 1. The molecule has 0 aromatic heterocycles. The number of nitrogens with one attached hydrogen (secondary N) is 1. The summed E-state index contributed by atoms with van der Waals surface area (Å²) in [6, 6.07) is -0.544. The van der Waals surface area contributed by atoms with Crippen molar-refractivity contribution in [1.82, 2.24) is 5.32 Å². The van der Waals surface area contributed by atoms with Crippen LogP contribution >= 0.6 is 11.8 Å². The molecular formula is C14H26N2O3S. The number of carbonyl (C=O) groups is 2. The van der Waals surface area contributed by atoms with Crippen molar-refractivity contribution in [1.29, 1.82) is 0 Å². The van der Waals surface area contributed by atoms with Gasteiger partial charge in [0.25, 0.3) is 0 Å². The molecule has 1 fully saturated rings. The Kier molecular flexibility index (Phi) is 7.37. The SMILES string of the molecule is CC1CCCC(NC(=O)CSCCC(N)C(=O)O)C1C. The maximum absolute atomic E-state index is 11.9. The lowest BCUT2D eigenvalue weighted by molar-refractivity contribution is -0.138. The minimum absolute atomic E-state index is 0.0462. The van der Waals surface area contributed by atoms with Gasteiger partial charge in [-0.05, 0) is 30.4 Å². The number of rotatable bonds is 7. The highest BCUT2D eigenvalue weighted by atomic mass is 32.2. The molecule has 116 valence electrons. The zero-order valence-corrected chi connectivity index (χ0v) is 13.1. The van der Waals surface area contributed by atoms with E-state index in [1.165, 1.54) is 24.6 Å². The van der Waals surface area contributed by atoms with Gasteiger partial charge in [-0.1, -0.05) is 26.7 Å². The van der Waals surface area contributed by atoms with Crippen LogP contribution in [0.5, 0.6) is 0 Å². The second-order valence-electron chi connectivity index (χ2n) is 5.73. The molecule has 0 aliphatic heterocycles. The second kappa shape index (κ2) is 8.52. The molecule has 0 radical (unpaired) electrons. The summed E-state index contributed by atoms with van der Waals surface area (Å²) in [7, 11) is 0. The van der Waals surface area contributed by atoms with E-state index in [4.69, 9.17) is 10.8 Å². The lowest BCUT2D eigenvalue weighted by atomic mass is 9.78. The Morgan fingerprint density at radius 3 is 2.75 bits per heavy atom. The molecule has 1 rings (SSSR count). The lowest BCUT2D eigenvalue weighted by Crippen LogP contribution is -2.44. The molecule has 20 heavy (non-hydrogen) atoms. The molecule has 4 N–H and O–H groups in total. The third kappa shape index (κ3) is 5.71. The minimum Gasteiger partial charge on any atom is -0.480 e. The Bertz CT molecular complexity index is 338. The van der Waals surface area contributed by atoms with Crippen LogP contribution in [-0.2, 0) is 9.59 Å². The smallest absolute Gasteiger partial charge is 0.320 e. The summed E-state index contributed by atoms with van der Waals surface area (Å²) < 4.78 is 0. The molecule has 0 saturated heterocycles. The van der Waals surface area contributed by atoms with Crippen molar-refractivity contribution in [2.45, 2.75) is 51.6 Å². The molecule has 1 aliphatic rings. The molecule has 0 bridgehead atoms. The van der Waals surface area contributed by atoms with Gasteiger partial charge >= 0.3 is 5.97 Å². The van der Waals surface area contributed by atoms with E-state index < -0.39 is 12.0 Å². The molecule has 5 nitrogen and oxygen atoms in total. The van der Waals surface area contributed by atoms with Gasteiger partial charge in [-0.15, -0.1) is 0 Å². The van der Waals surface area contributed by atoms with Crippen molar-refractivity contribution in [2.24, 2.45) is 17.6 Å². The molecule has 6 heteroatoms. The predicted molar refractivity (Wildman–Crippen MR) is 81.7 cm³/mol. The number of amides is 1. The zero-order chi connectivity index (χ0) is 15.1. The van der Waals surface area contributed by atoms with Gasteiger partial charge in [0.15, 0.2) is 0 Å². The van der Waals surface area contributed by atoms with Crippen LogP contribution in [0.25, 0.3) is 0 Å². The fourth-order valence-electron chi connectivity index (χ4n) is 2.53. The van der Waals surface area contributed by atoms with E-state index >= 15 is 0 Å². The number of carbonyl (C=O) groups excluding carboxylic acids is 1. The normalized spacial score (nSPS) is 27.9. The summed E-state index contributed by atoms with van der Waals surface area (Å²) in [4.78, 5) is 22.4. The highest BCUT2D eigenvalue weighted by Gasteiger charge is 2.27. The third-order valence-corrected chi connectivity index (χ3v) is 5.17. The molecule has 0 aromatic carbocycles. The first kappa shape index (κ1) is 17.3. The van der Waals surface area contributed by atoms with Gasteiger partial charge in [-0.3, -0.25) is 9.59 Å². The highest BCUT2D eigenvalue weighted by Crippen LogP contribution is 2.29. The van der Waals surface area contributed by atoms with Crippen LogP contribution in [0.4, 0.5) is 0 Å². The van der Waals surface area contributed by atoms with Gasteiger partial charge in [-0.2, -0.15) is 11.8 Å². The van der Waals surface area contributed by atoms with E-state index in [-0.39, 0.29) is 11.9 Å². The van der Waals surface area contributed by atoms with Crippen molar-refractivity contribution in [3.8, 4) is 0 Å². The first-order chi connectivity index (χ1) is 9.41. The van der Waals surface area contributed by atoms with Gasteiger partial charge in [0.05, 0.1) is 5.75 Å². The Balaban J connectivity index is 2.18. The van der Waals surface area contributed by atoms with Crippen LogP contribution < -0.4 is 11.1 Å². The number of carboxylic acid groups (broad SMARTS) is 1. The second-order valence-corrected chi connectivity index (χ2v) is 6.83. The topological polar surface area (TPSA) is 92.4 Å². The van der Waals surface area contributed by atoms with Crippen molar-refractivity contribution >= 4 is 23.6 Å². The van der Waals surface area contributed by atoms with E-state index in [2.05, 4.69) is 19.2 Å². The van der Waals surface area contributed by atoms with Crippen LogP contribution in [0.2, 0.25) is 0 Å². The average Bonchev–Trinajstić information content (AvgIpc) is 2.39. The summed E-state index contributed by atoms with van der Waals surface area (Å²) in [5.41, 5.74) is 5.40. The zero-order valence-electron chi connectivity index (χ0n) is 12.3. The predicted octanol–water partition coefficient (Wildman–Crippen LogP) is 1.46. The van der Waals surface area contributed by atoms with E-state index in [0.717, 1.165) is 6.42 Å². The maximum atomic E-state index is 11.9. The Morgan fingerprint density at radius 1 is 1.40 bits per heavy atom. The average molecular weight is 302 g/mol. The van der Waals surface area contributed by atoms with Crippen molar-refractivity contribution in [2.75, 3.05) is 11.5 Å². The number of nitrogens with two attached hydrogens (primary N) is 1. The number of aliphatic carboxylic acids is 1. The molecule has 0 heterocycles. The van der Waals surface area contributed by atoms with Crippen molar-refractivity contribution in [3.05, 3.63) is 0 Å². The van der Waals surface area contributed by atoms with Gasteiger partial charge in [-0.25, -0.2) is 0 Å². The summed E-state index contributed by atoms with van der Waals surface area (Å²) in [5, 5.41) is 11.7. The molecule has 0 aromatic rings. The maximum Gasteiger partial charge on any atom is 0.320 e. The molecule has 1 amide bonds. The Hall–Kier alpha value is -0.750. The van der Waals surface area contributed by atoms with Crippen LogP contribution in [0, 0.1) is 11.8 Å². The first-order valence-corrected chi connectivity index (χ1v) is 8.42. The molecule has 1 saturated carbocycles. The highest BCUT2D eigenvalue weighted by molar-refractivity contribution is 7.99. The summed E-state index contributed by atoms with van der Waals surface area (Å²) in [6.07, 6.45) is 3.88. The standard InChI is InChI=1S/C14H26N2O3S/c1-9-4-3-5-12(10(9)2)16-13(17)8-20-7-6-11(15)14(18)19/h9-12H,3-8,15H2,1-2H3,(H,16,17)(H,18,19). The number of hydrogen-bond acceptors (Lipinski definition) is 4. The van der Waals surface area contributed by atoms with Crippen LogP contribution in [0.1, 0.15) is 39.5 Å². The summed E-state index contributed by atoms with van der Waals surface area (Å²) in [5.74, 6) is 1.22. The van der Waals surface area contributed by atoms with Crippen LogP contribution in [-0.4, -0.2) is 40.6 Å². The first-order valence-electron chi connectivity index (χ1n) is 7.27. The van der Waals surface area contributed by atoms with E-state index in [0.29, 0.717) is 29.8 Å². The number of hydrogen-bond donors (Lipinski definition) is 3. The van der Waals surface area contributed by atoms with Gasteiger partial charge < -0.3 is 16.2 Å². The fraction of sp³-hybridized carbons (Fsp3) is 0.857. The third-order valence-electron chi connectivity index (χ3n) is 4.18. The summed E-state index contributed by atoms with van der Waals surface area (Å²) >= 11 is 1.44. The summed E-state index contributed by atoms with van der Waals surface area (Å²) in [6.45, 7) is 4.44. The lowest BCUT2D eigenvalue weighted by Gasteiger charge is -2.34. The quantitative estimate of drug-likeness (QED) is 0.619. The Labute approximate surface area is 125 Å². The van der Waals surface area contributed by atoms with Gasteiger partial charge in [0, 0.05) is 6.04 Å². The minimum atomic E-state index is -0.986. The monoisotopic (exact) mass is 302 g/mol.